The van der Waals surface area contributed by atoms with E-state index in [0.717, 1.165) is 35.7 Å². The molecule has 2 saturated heterocycles. The van der Waals surface area contributed by atoms with Gasteiger partial charge in [-0.25, -0.2) is 0 Å². The molecule has 1 unspecified atom stereocenters. The number of aromatic nitrogens is 2. The third-order valence-corrected chi connectivity index (χ3v) is 9.02. The molecule has 3 aliphatic heterocycles. The number of benzene rings is 2. The Morgan fingerprint density at radius 2 is 1.93 bits per heavy atom. The van der Waals surface area contributed by atoms with Gasteiger partial charge in [0.25, 0.3) is 0 Å². The Morgan fingerprint density at radius 3 is 2.66 bits per heavy atom. The molecular formula is C31H37ClN6O3. The van der Waals surface area contributed by atoms with Gasteiger partial charge in [-0.3, -0.25) is 4.79 Å². The molecule has 6 rings (SSSR count). The number of hydrogen-bond donors (Lipinski definition) is 0. The summed E-state index contributed by atoms with van der Waals surface area (Å²) >= 11 is 6.71. The first-order valence-electron chi connectivity index (χ1n) is 14.3. The first-order chi connectivity index (χ1) is 19.9. The van der Waals surface area contributed by atoms with Crippen LogP contribution in [0, 0.1) is 0 Å². The fraction of sp³-hybridized carbons (Fsp3) is 0.452. The third kappa shape index (κ3) is 5.17. The Morgan fingerprint density at radius 1 is 1.15 bits per heavy atom. The second kappa shape index (κ2) is 11.4. The number of piperazine rings is 1. The van der Waals surface area contributed by atoms with Crippen molar-refractivity contribution in [3.05, 3.63) is 59.6 Å². The van der Waals surface area contributed by atoms with Crippen molar-refractivity contribution in [3.8, 4) is 11.8 Å². The molecule has 3 atom stereocenters. The molecule has 0 aliphatic carbocycles. The van der Waals surface area contributed by atoms with Crippen LogP contribution >= 0.6 is 11.6 Å². The highest BCUT2D eigenvalue weighted by atomic mass is 35.5. The molecule has 1 aromatic heterocycles. The Labute approximate surface area is 246 Å². The number of likely N-dealkylation sites (tertiary alicyclic amines) is 1. The second-order valence-corrected chi connectivity index (χ2v) is 11.6. The number of nitrogens with zero attached hydrogens (tertiary/aromatic N) is 6. The monoisotopic (exact) mass is 576 g/mol. The Hall–Kier alpha value is -3.56. The Bertz CT molecular complexity index is 1460. The van der Waals surface area contributed by atoms with Crippen molar-refractivity contribution in [2.45, 2.75) is 37.9 Å². The minimum absolute atomic E-state index is 0.0176. The standard InChI is InChI=1S/C31H37ClN6O3/c1-5-26(39)37-15-16-38(20(2)17-37)30-28-29(33-31(34-30)41-18-22-11-8-14-35(22)3)36(4)25(19-40-28)23-12-6-9-21-10-7-13-24(32)27(21)23/h5-7,9-10,12-13,20,22,25H,1,8,11,14-19H2,2-4H3/t20-,22-,25?/m0/s1. The van der Waals surface area contributed by atoms with Crippen molar-refractivity contribution >= 4 is 39.9 Å². The van der Waals surface area contributed by atoms with Gasteiger partial charge in [0.2, 0.25) is 11.7 Å². The van der Waals surface area contributed by atoms with Crippen LogP contribution in [0.1, 0.15) is 31.4 Å². The maximum atomic E-state index is 12.3. The van der Waals surface area contributed by atoms with Gasteiger partial charge in [-0.2, -0.15) is 9.97 Å². The van der Waals surface area contributed by atoms with Crippen LogP contribution < -0.4 is 19.3 Å². The van der Waals surface area contributed by atoms with Gasteiger partial charge < -0.3 is 29.1 Å². The van der Waals surface area contributed by atoms with Crippen molar-refractivity contribution in [2.24, 2.45) is 0 Å². The number of halogens is 1. The molecule has 1 amide bonds. The fourth-order valence-electron chi connectivity index (χ4n) is 6.32. The molecular weight excluding hydrogens is 540 g/mol. The minimum Gasteiger partial charge on any atom is -0.484 e. The molecule has 2 aromatic carbocycles. The van der Waals surface area contributed by atoms with E-state index >= 15 is 0 Å². The van der Waals surface area contributed by atoms with Crippen LogP contribution in [0.3, 0.4) is 0 Å². The summed E-state index contributed by atoms with van der Waals surface area (Å²) in [6, 6.07) is 12.8. The normalized spacial score (nSPS) is 22.9. The number of hydrogen-bond acceptors (Lipinski definition) is 8. The van der Waals surface area contributed by atoms with E-state index in [2.05, 4.69) is 59.5 Å². The molecule has 3 aromatic rings. The van der Waals surface area contributed by atoms with Gasteiger partial charge in [0.15, 0.2) is 11.6 Å². The lowest BCUT2D eigenvalue weighted by Crippen LogP contribution is -2.54. The summed E-state index contributed by atoms with van der Waals surface area (Å²) in [7, 11) is 4.17. The zero-order chi connectivity index (χ0) is 28.7. The highest BCUT2D eigenvalue weighted by Crippen LogP contribution is 2.45. The van der Waals surface area contributed by atoms with Crippen LogP contribution in [0.4, 0.5) is 11.6 Å². The average molecular weight is 577 g/mol. The number of carbonyl (C=O) groups excluding carboxylic acids is 1. The molecule has 0 saturated carbocycles. The van der Waals surface area contributed by atoms with Crippen LogP contribution in [-0.2, 0) is 4.79 Å². The van der Waals surface area contributed by atoms with Crippen LogP contribution in [0.2, 0.25) is 5.02 Å². The second-order valence-electron chi connectivity index (χ2n) is 11.2. The highest BCUT2D eigenvalue weighted by Gasteiger charge is 2.36. The number of rotatable bonds is 6. The van der Waals surface area contributed by atoms with Crippen molar-refractivity contribution in [2.75, 3.05) is 63.3 Å². The number of amides is 1. The average Bonchev–Trinajstić information content (AvgIpc) is 3.40. The molecule has 41 heavy (non-hydrogen) atoms. The van der Waals surface area contributed by atoms with Crippen molar-refractivity contribution < 1.29 is 14.3 Å². The number of likely N-dealkylation sites (N-methyl/N-ethyl adjacent to an activating group) is 2. The highest BCUT2D eigenvalue weighted by molar-refractivity contribution is 6.35. The van der Waals surface area contributed by atoms with Gasteiger partial charge in [-0.1, -0.05) is 48.5 Å². The molecule has 0 bridgehead atoms. The lowest BCUT2D eigenvalue weighted by atomic mass is 9.97. The van der Waals surface area contributed by atoms with Crippen molar-refractivity contribution in [3.63, 3.8) is 0 Å². The summed E-state index contributed by atoms with van der Waals surface area (Å²) in [5.41, 5.74) is 1.08. The van der Waals surface area contributed by atoms with E-state index in [1.54, 1.807) is 0 Å². The summed E-state index contributed by atoms with van der Waals surface area (Å²) in [4.78, 5) is 30.6. The molecule has 0 spiro atoms. The first kappa shape index (κ1) is 27.6. The summed E-state index contributed by atoms with van der Waals surface area (Å²) in [5, 5.41) is 2.82. The Balaban J connectivity index is 1.37. The topological polar surface area (TPSA) is 74.3 Å². The molecule has 0 radical (unpaired) electrons. The minimum atomic E-state index is -0.109. The van der Waals surface area contributed by atoms with Gasteiger partial charge >= 0.3 is 6.01 Å². The van der Waals surface area contributed by atoms with E-state index in [4.69, 9.17) is 31.0 Å². The number of ether oxygens (including phenoxy) is 2. The summed E-state index contributed by atoms with van der Waals surface area (Å²) in [5.74, 6) is 1.96. The van der Waals surface area contributed by atoms with Crippen molar-refractivity contribution in [1.29, 1.82) is 0 Å². The van der Waals surface area contributed by atoms with E-state index in [9.17, 15) is 4.79 Å². The molecule has 10 heteroatoms. The smallest absolute Gasteiger partial charge is 0.320 e. The molecule has 4 heterocycles. The molecule has 2 fully saturated rings. The maximum absolute atomic E-state index is 12.3. The van der Waals surface area contributed by atoms with Gasteiger partial charge in [0.1, 0.15) is 13.2 Å². The summed E-state index contributed by atoms with van der Waals surface area (Å²) < 4.78 is 12.8. The zero-order valence-corrected chi connectivity index (χ0v) is 24.7. The maximum Gasteiger partial charge on any atom is 0.320 e. The first-order valence-corrected chi connectivity index (χ1v) is 14.7. The fourth-order valence-corrected chi connectivity index (χ4v) is 6.61. The van der Waals surface area contributed by atoms with Crippen LogP contribution in [0.15, 0.2) is 49.1 Å². The van der Waals surface area contributed by atoms with Crippen LogP contribution in [-0.4, -0.2) is 91.2 Å². The van der Waals surface area contributed by atoms with Gasteiger partial charge in [0.05, 0.1) is 6.04 Å². The van der Waals surface area contributed by atoms with E-state index in [0.29, 0.717) is 67.3 Å². The predicted octanol–water partition coefficient (Wildman–Crippen LogP) is 4.55. The lowest BCUT2D eigenvalue weighted by molar-refractivity contribution is -0.126. The predicted molar refractivity (Wildman–Crippen MR) is 162 cm³/mol. The van der Waals surface area contributed by atoms with Gasteiger partial charge in [-0.15, -0.1) is 0 Å². The van der Waals surface area contributed by atoms with E-state index in [1.807, 2.05) is 24.1 Å². The lowest BCUT2D eigenvalue weighted by Gasteiger charge is -2.42. The van der Waals surface area contributed by atoms with Crippen molar-refractivity contribution in [1.82, 2.24) is 19.8 Å². The molecule has 3 aliphatic rings. The van der Waals surface area contributed by atoms with E-state index in [1.165, 1.54) is 6.08 Å². The largest absolute Gasteiger partial charge is 0.484 e. The Kier molecular flexibility index (Phi) is 7.66. The third-order valence-electron chi connectivity index (χ3n) is 8.70. The number of fused-ring (bicyclic) bond motifs is 2. The zero-order valence-electron chi connectivity index (χ0n) is 23.9. The summed E-state index contributed by atoms with van der Waals surface area (Å²) in [6.45, 7) is 9.52. The molecule has 9 nitrogen and oxygen atoms in total. The number of carbonyl (C=O) groups is 1. The van der Waals surface area contributed by atoms with E-state index < -0.39 is 0 Å². The van der Waals surface area contributed by atoms with Crippen LogP contribution in [0.5, 0.6) is 11.8 Å². The van der Waals surface area contributed by atoms with E-state index in [-0.39, 0.29) is 18.0 Å². The van der Waals surface area contributed by atoms with Gasteiger partial charge in [-0.05, 0) is 56.4 Å². The van der Waals surface area contributed by atoms with Gasteiger partial charge in [0, 0.05) is 49.2 Å². The summed E-state index contributed by atoms with van der Waals surface area (Å²) in [6.07, 6.45) is 3.63. The SMILES string of the molecule is C=CC(=O)N1CCN(c2nc(OC[C@@H]3CCCN3C)nc3c2OCC(c2cccc4cccc(Cl)c24)N3C)[C@@H](C)C1. The molecule has 0 N–H and O–H groups in total. The van der Waals surface area contributed by atoms with Crippen LogP contribution in [0.25, 0.3) is 10.8 Å². The quantitative estimate of drug-likeness (QED) is 0.396. The molecule has 216 valence electrons. The number of anilines is 2.